The van der Waals surface area contributed by atoms with Gasteiger partial charge in [0.2, 0.25) is 11.8 Å². The highest BCUT2D eigenvalue weighted by atomic mass is 16.2. The molecule has 3 rings (SSSR count). The van der Waals surface area contributed by atoms with Crippen molar-refractivity contribution in [2.75, 3.05) is 26.2 Å². The summed E-state index contributed by atoms with van der Waals surface area (Å²) in [6.07, 6.45) is 5.77. The minimum atomic E-state index is -0.185. The molecule has 0 aromatic carbocycles. The molecule has 3 aliphatic rings. The molecular formula is C16H27N3O2. The molecule has 0 spiro atoms. The molecule has 1 saturated carbocycles. The molecule has 21 heavy (non-hydrogen) atoms. The molecule has 0 atom stereocenters. The highest BCUT2D eigenvalue weighted by Crippen LogP contribution is 2.32. The van der Waals surface area contributed by atoms with Crippen LogP contribution in [-0.4, -0.2) is 48.9 Å². The van der Waals surface area contributed by atoms with Crippen LogP contribution in [0.3, 0.4) is 0 Å². The molecule has 118 valence electrons. The summed E-state index contributed by atoms with van der Waals surface area (Å²) in [5.74, 6) is 0.819. The molecule has 2 N–H and O–H groups in total. The lowest BCUT2D eigenvalue weighted by molar-refractivity contribution is -0.144. The van der Waals surface area contributed by atoms with Gasteiger partial charge in [0.1, 0.15) is 0 Å². The van der Waals surface area contributed by atoms with Crippen molar-refractivity contribution in [1.29, 1.82) is 0 Å². The first-order chi connectivity index (χ1) is 10.1. The van der Waals surface area contributed by atoms with Crippen molar-refractivity contribution in [1.82, 2.24) is 15.5 Å². The first kappa shape index (κ1) is 14.8. The minimum Gasteiger partial charge on any atom is -0.353 e. The van der Waals surface area contributed by atoms with Gasteiger partial charge in [-0.15, -0.1) is 0 Å². The van der Waals surface area contributed by atoms with Crippen LogP contribution in [0.2, 0.25) is 0 Å². The summed E-state index contributed by atoms with van der Waals surface area (Å²) >= 11 is 0. The Morgan fingerprint density at radius 2 is 1.71 bits per heavy atom. The molecule has 2 saturated heterocycles. The van der Waals surface area contributed by atoms with E-state index in [0.29, 0.717) is 5.91 Å². The van der Waals surface area contributed by atoms with E-state index in [0.717, 1.165) is 64.7 Å². The quantitative estimate of drug-likeness (QED) is 0.812. The maximum absolute atomic E-state index is 12.7. The van der Waals surface area contributed by atoms with Gasteiger partial charge in [-0.3, -0.25) is 9.59 Å². The van der Waals surface area contributed by atoms with Gasteiger partial charge in [-0.2, -0.15) is 0 Å². The Bertz CT molecular complexity index is 406. The molecule has 0 radical (unpaired) electrons. The van der Waals surface area contributed by atoms with E-state index in [1.807, 2.05) is 4.90 Å². The van der Waals surface area contributed by atoms with Crippen LogP contribution in [0.15, 0.2) is 0 Å². The van der Waals surface area contributed by atoms with Crippen molar-refractivity contribution in [3.05, 3.63) is 0 Å². The van der Waals surface area contributed by atoms with E-state index in [1.54, 1.807) is 0 Å². The van der Waals surface area contributed by atoms with Gasteiger partial charge in [-0.05, 0) is 51.6 Å². The van der Waals surface area contributed by atoms with Gasteiger partial charge in [-0.25, -0.2) is 0 Å². The molecule has 2 amide bonds. The molecule has 0 aromatic heterocycles. The summed E-state index contributed by atoms with van der Waals surface area (Å²) in [6.45, 7) is 5.57. The number of nitrogens with zero attached hydrogens (tertiary/aromatic N) is 1. The first-order valence-corrected chi connectivity index (χ1v) is 8.39. The Morgan fingerprint density at radius 3 is 2.29 bits per heavy atom. The average Bonchev–Trinajstić information content (AvgIpc) is 3.33. The number of hydrogen-bond donors (Lipinski definition) is 2. The summed E-state index contributed by atoms with van der Waals surface area (Å²) < 4.78 is 0. The number of amides is 2. The van der Waals surface area contributed by atoms with Gasteiger partial charge in [0, 0.05) is 30.5 Å². The Labute approximate surface area is 126 Å². The molecule has 3 fully saturated rings. The zero-order chi connectivity index (χ0) is 14.9. The van der Waals surface area contributed by atoms with Crippen LogP contribution >= 0.6 is 0 Å². The van der Waals surface area contributed by atoms with E-state index < -0.39 is 0 Å². The van der Waals surface area contributed by atoms with Crippen LogP contribution in [0.5, 0.6) is 0 Å². The zero-order valence-electron chi connectivity index (χ0n) is 13.0. The van der Waals surface area contributed by atoms with Crippen molar-refractivity contribution < 1.29 is 9.59 Å². The summed E-state index contributed by atoms with van der Waals surface area (Å²) in [4.78, 5) is 26.5. The van der Waals surface area contributed by atoms with E-state index in [4.69, 9.17) is 0 Å². The first-order valence-electron chi connectivity index (χ1n) is 8.39. The predicted octanol–water partition coefficient (Wildman–Crippen LogP) is 0.893. The average molecular weight is 293 g/mol. The van der Waals surface area contributed by atoms with Crippen molar-refractivity contribution >= 4 is 11.8 Å². The lowest BCUT2D eigenvalue weighted by atomic mass is 9.79. The van der Waals surface area contributed by atoms with E-state index in [1.165, 1.54) is 0 Å². The van der Waals surface area contributed by atoms with Crippen molar-refractivity contribution in [3.8, 4) is 0 Å². The number of piperidine rings is 2. The zero-order valence-corrected chi connectivity index (χ0v) is 13.0. The topological polar surface area (TPSA) is 61.4 Å². The third-order valence-electron chi connectivity index (χ3n) is 5.30. The van der Waals surface area contributed by atoms with Crippen LogP contribution in [0, 0.1) is 11.3 Å². The summed E-state index contributed by atoms with van der Waals surface area (Å²) in [6, 6.07) is 0.267. The largest absolute Gasteiger partial charge is 0.353 e. The fourth-order valence-corrected chi connectivity index (χ4v) is 3.47. The highest BCUT2D eigenvalue weighted by molar-refractivity contribution is 5.83. The van der Waals surface area contributed by atoms with Gasteiger partial charge in [-0.1, -0.05) is 6.92 Å². The Morgan fingerprint density at radius 1 is 1.10 bits per heavy atom. The molecule has 5 heteroatoms. The third-order valence-corrected chi connectivity index (χ3v) is 5.30. The van der Waals surface area contributed by atoms with Gasteiger partial charge < -0.3 is 15.5 Å². The molecule has 2 heterocycles. The highest BCUT2D eigenvalue weighted by Gasteiger charge is 2.39. The number of likely N-dealkylation sites (tertiary alicyclic amines) is 1. The monoisotopic (exact) mass is 293 g/mol. The van der Waals surface area contributed by atoms with Gasteiger partial charge in [0.15, 0.2) is 0 Å². The smallest absolute Gasteiger partial charge is 0.228 e. The Kier molecular flexibility index (Phi) is 4.20. The van der Waals surface area contributed by atoms with Crippen molar-refractivity contribution in [3.63, 3.8) is 0 Å². The standard InChI is InChI=1S/C16H27N3O2/c1-16(6-8-17-9-7-16)15(21)19-10-4-13(5-11-19)18-14(20)12-2-3-12/h12-13,17H,2-11H2,1H3,(H,18,20). The van der Waals surface area contributed by atoms with Crippen LogP contribution < -0.4 is 10.6 Å². The minimum absolute atomic E-state index is 0.185. The molecule has 0 unspecified atom stereocenters. The van der Waals surface area contributed by atoms with Gasteiger partial charge >= 0.3 is 0 Å². The van der Waals surface area contributed by atoms with E-state index in [9.17, 15) is 9.59 Å². The maximum atomic E-state index is 12.7. The Balaban J connectivity index is 1.48. The summed E-state index contributed by atoms with van der Waals surface area (Å²) in [5.41, 5.74) is -0.185. The Hall–Kier alpha value is -1.10. The van der Waals surface area contributed by atoms with Crippen LogP contribution in [-0.2, 0) is 9.59 Å². The van der Waals surface area contributed by atoms with Crippen molar-refractivity contribution in [2.24, 2.45) is 11.3 Å². The second-order valence-electron chi connectivity index (χ2n) is 7.16. The fourth-order valence-electron chi connectivity index (χ4n) is 3.47. The van der Waals surface area contributed by atoms with Crippen LogP contribution in [0.25, 0.3) is 0 Å². The number of hydrogen-bond acceptors (Lipinski definition) is 3. The lowest BCUT2D eigenvalue weighted by Crippen LogP contribution is -2.52. The van der Waals surface area contributed by atoms with E-state index in [2.05, 4.69) is 17.6 Å². The van der Waals surface area contributed by atoms with E-state index >= 15 is 0 Å². The number of carbonyl (C=O) groups is 2. The molecule has 5 nitrogen and oxygen atoms in total. The van der Waals surface area contributed by atoms with Crippen LogP contribution in [0.1, 0.15) is 45.4 Å². The molecule has 1 aliphatic carbocycles. The van der Waals surface area contributed by atoms with Gasteiger partial charge in [0.05, 0.1) is 0 Å². The number of nitrogens with one attached hydrogen (secondary N) is 2. The summed E-state index contributed by atoms with van der Waals surface area (Å²) in [5, 5.41) is 6.47. The van der Waals surface area contributed by atoms with Gasteiger partial charge in [0.25, 0.3) is 0 Å². The molecular weight excluding hydrogens is 266 g/mol. The normalized spacial score (nSPS) is 26.4. The predicted molar refractivity (Wildman–Crippen MR) is 80.7 cm³/mol. The maximum Gasteiger partial charge on any atom is 0.228 e. The molecule has 2 aliphatic heterocycles. The third kappa shape index (κ3) is 3.39. The fraction of sp³-hybridized carbons (Fsp3) is 0.875. The SMILES string of the molecule is CC1(C(=O)N2CCC(NC(=O)C3CC3)CC2)CCNCC1. The second kappa shape index (κ2) is 5.95. The van der Waals surface area contributed by atoms with Crippen LogP contribution in [0.4, 0.5) is 0 Å². The number of carbonyl (C=O) groups excluding carboxylic acids is 2. The lowest BCUT2D eigenvalue weighted by Gasteiger charge is -2.40. The second-order valence-corrected chi connectivity index (χ2v) is 7.16. The number of rotatable bonds is 3. The molecule has 0 bridgehead atoms. The summed E-state index contributed by atoms with van der Waals surface area (Å²) in [7, 11) is 0. The molecule has 0 aromatic rings. The van der Waals surface area contributed by atoms with E-state index in [-0.39, 0.29) is 23.3 Å². The van der Waals surface area contributed by atoms with Crippen molar-refractivity contribution in [2.45, 2.75) is 51.5 Å².